The summed E-state index contributed by atoms with van der Waals surface area (Å²) in [5.41, 5.74) is 0.651. The SMILES string of the molecule is CC(C)CC(=O)Nc1ccccc1C(=O)ON1C(=O)c2ccccc2C1=O. The molecule has 1 aliphatic heterocycles. The number of benzene rings is 2. The Labute approximate surface area is 155 Å². The molecule has 1 N–H and O–H groups in total. The standard InChI is InChI=1S/C20H18N2O5/c1-12(2)11-17(23)21-16-10-6-5-9-15(16)20(26)27-22-18(24)13-7-3-4-8-14(13)19(22)25/h3-10,12H,11H2,1-2H3,(H,21,23). The van der Waals surface area contributed by atoms with Gasteiger partial charge in [0.15, 0.2) is 0 Å². The van der Waals surface area contributed by atoms with Gasteiger partial charge in [0.05, 0.1) is 22.4 Å². The van der Waals surface area contributed by atoms with Crippen molar-refractivity contribution in [2.45, 2.75) is 20.3 Å². The molecule has 7 nitrogen and oxygen atoms in total. The van der Waals surface area contributed by atoms with Gasteiger partial charge in [-0.3, -0.25) is 14.4 Å². The Hall–Kier alpha value is -3.48. The van der Waals surface area contributed by atoms with E-state index in [4.69, 9.17) is 4.84 Å². The number of hydrogen-bond acceptors (Lipinski definition) is 5. The molecular weight excluding hydrogens is 348 g/mol. The first kappa shape index (κ1) is 18.3. The van der Waals surface area contributed by atoms with Crippen LogP contribution in [0.5, 0.6) is 0 Å². The van der Waals surface area contributed by atoms with E-state index in [1.54, 1.807) is 30.3 Å². The number of imide groups is 1. The van der Waals surface area contributed by atoms with Gasteiger partial charge >= 0.3 is 5.97 Å². The van der Waals surface area contributed by atoms with Crippen LogP contribution in [0.25, 0.3) is 0 Å². The third-order valence-corrected chi connectivity index (χ3v) is 3.95. The molecule has 0 aromatic heterocycles. The highest BCUT2D eigenvalue weighted by Crippen LogP contribution is 2.24. The molecule has 27 heavy (non-hydrogen) atoms. The normalized spacial score (nSPS) is 12.9. The predicted octanol–water partition coefficient (Wildman–Crippen LogP) is 3.04. The van der Waals surface area contributed by atoms with Crippen LogP contribution in [0, 0.1) is 5.92 Å². The summed E-state index contributed by atoms with van der Waals surface area (Å²) in [4.78, 5) is 54.2. The maximum atomic E-state index is 12.5. The molecule has 0 aliphatic carbocycles. The van der Waals surface area contributed by atoms with Gasteiger partial charge in [0.25, 0.3) is 11.8 Å². The number of carbonyl (C=O) groups is 4. The van der Waals surface area contributed by atoms with Crippen LogP contribution in [0.15, 0.2) is 48.5 Å². The fraction of sp³-hybridized carbons (Fsp3) is 0.200. The van der Waals surface area contributed by atoms with Crippen molar-refractivity contribution in [3.63, 3.8) is 0 Å². The molecule has 7 heteroatoms. The second kappa shape index (κ2) is 7.41. The third-order valence-electron chi connectivity index (χ3n) is 3.95. The van der Waals surface area contributed by atoms with Crippen LogP contribution in [-0.4, -0.2) is 28.8 Å². The summed E-state index contributed by atoms with van der Waals surface area (Å²) in [5.74, 6) is -2.41. The number of nitrogens with zero attached hydrogens (tertiary/aromatic N) is 1. The van der Waals surface area contributed by atoms with Crippen LogP contribution in [0.1, 0.15) is 51.3 Å². The number of fused-ring (bicyclic) bond motifs is 1. The zero-order valence-electron chi connectivity index (χ0n) is 14.9. The van der Waals surface area contributed by atoms with Gasteiger partial charge in [-0.25, -0.2) is 4.79 Å². The van der Waals surface area contributed by atoms with Crippen LogP contribution >= 0.6 is 0 Å². The van der Waals surface area contributed by atoms with E-state index in [-0.39, 0.29) is 34.2 Å². The summed E-state index contributed by atoms with van der Waals surface area (Å²) < 4.78 is 0. The van der Waals surface area contributed by atoms with Gasteiger partial charge < -0.3 is 10.2 Å². The molecular formula is C20H18N2O5. The van der Waals surface area contributed by atoms with Crippen molar-refractivity contribution in [2.75, 3.05) is 5.32 Å². The van der Waals surface area contributed by atoms with Crippen LogP contribution in [-0.2, 0) is 9.63 Å². The predicted molar refractivity (Wildman–Crippen MR) is 96.9 cm³/mol. The molecule has 0 unspecified atom stereocenters. The highest BCUT2D eigenvalue weighted by molar-refractivity contribution is 6.21. The lowest BCUT2D eigenvalue weighted by Crippen LogP contribution is -2.33. The van der Waals surface area contributed by atoms with Crippen molar-refractivity contribution >= 4 is 29.4 Å². The van der Waals surface area contributed by atoms with Crippen molar-refractivity contribution in [3.8, 4) is 0 Å². The second-order valence-electron chi connectivity index (χ2n) is 6.52. The van der Waals surface area contributed by atoms with Gasteiger partial charge in [0.2, 0.25) is 5.91 Å². The maximum absolute atomic E-state index is 12.5. The Morgan fingerprint density at radius 3 is 2.11 bits per heavy atom. The summed E-state index contributed by atoms with van der Waals surface area (Å²) in [6.07, 6.45) is 0.293. The molecule has 3 rings (SSSR count). The lowest BCUT2D eigenvalue weighted by molar-refractivity contribution is -0.116. The van der Waals surface area contributed by atoms with Gasteiger partial charge in [-0.2, -0.15) is 0 Å². The summed E-state index contributed by atoms with van der Waals surface area (Å²) in [5, 5.41) is 3.10. The van der Waals surface area contributed by atoms with E-state index in [2.05, 4.69) is 5.32 Å². The highest BCUT2D eigenvalue weighted by Gasteiger charge is 2.39. The largest absolute Gasteiger partial charge is 0.366 e. The first-order chi connectivity index (χ1) is 12.9. The molecule has 2 aromatic carbocycles. The molecule has 0 fully saturated rings. The molecule has 0 saturated heterocycles. The average molecular weight is 366 g/mol. The number of hydroxylamine groups is 2. The van der Waals surface area contributed by atoms with Gasteiger partial charge in [-0.05, 0) is 30.2 Å². The van der Waals surface area contributed by atoms with E-state index in [0.29, 0.717) is 11.5 Å². The number of nitrogens with one attached hydrogen (secondary N) is 1. The number of para-hydroxylation sites is 1. The smallest absolute Gasteiger partial charge is 0.325 e. The first-order valence-corrected chi connectivity index (χ1v) is 8.47. The molecule has 0 spiro atoms. The van der Waals surface area contributed by atoms with Crippen molar-refractivity contribution in [1.29, 1.82) is 0 Å². The molecule has 138 valence electrons. The average Bonchev–Trinajstić information content (AvgIpc) is 2.87. The van der Waals surface area contributed by atoms with Crippen molar-refractivity contribution in [2.24, 2.45) is 5.92 Å². The van der Waals surface area contributed by atoms with Gasteiger partial charge in [0.1, 0.15) is 0 Å². The van der Waals surface area contributed by atoms with E-state index in [9.17, 15) is 19.2 Å². The topological polar surface area (TPSA) is 92.8 Å². The first-order valence-electron chi connectivity index (χ1n) is 8.47. The lowest BCUT2D eigenvalue weighted by atomic mass is 10.1. The zero-order chi connectivity index (χ0) is 19.6. The third kappa shape index (κ3) is 3.72. The Balaban J connectivity index is 1.79. The lowest BCUT2D eigenvalue weighted by Gasteiger charge is -2.15. The van der Waals surface area contributed by atoms with Gasteiger partial charge in [-0.1, -0.05) is 43.2 Å². The molecule has 3 amide bonds. The van der Waals surface area contributed by atoms with Crippen LogP contribution < -0.4 is 5.32 Å². The monoisotopic (exact) mass is 366 g/mol. The van der Waals surface area contributed by atoms with Crippen molar-refractivity contribution < 1.29 is 24.0 Å². The highest BCUT2D eigenvalue weighted by atomic mass is 16.7. The molecule has 1 aliphatic rings. The Morgan fingerprint density at radius 1 is 0.963 bits per heavy atom. The van der Waals surface area contributed by atoms with Crippen molar-refractivity contribution in [1.82, 2.24) is 5.06 Å². The second-order valence-corrected chi connectivity index (χ2v) is 6.52. The van der Waals surface area contributed by atoms with E-state index in [1.165, 1.54) is 18.2 Å². The number of anilines is 1. The summed E-state index contributed by atoms with van der Waals surface area (Å²) in [7, 11) is 0. The van der Waals surface area contributed by atoms with E-state index < -0.39 is 17.8 Å². The van der Waals surface area contributed by atoms with Crippen LogP contribution in [0.4, 0.5) is 5.69 Å². The molecule has 2 aromatic rings. The molecule has 0 saturated carbocycles. The number of amides is 3. The molecule has 0 atom stereocenters. The van der Waals surface area contributed by atoms with Gasteiger partial charge in [-0.15, -0.1) is 0 Å². The summed E-state index contributed by atoms with van der Waals surface area (Å²) in [6, 6.07) is 12.5. The summed E-state index contributed by atoms with van der Waals surface area (Å²) in [6.45, 7) is 3.81. The number of rotatable bonds is 5. The Kier molecular flexibility index (Phi) is 5.03. The number of hydrogen-bond donors (Lipinski definition) is 1. The van der Waals surface area contributed by atoms with E-state index in [1.807, 2.05) is 13.8 Å². The summed E-state index contributed by atoms with van der Waals surface area (Å²) >= 11 is 0. The Morgan fingerprint density at radius 2 is 1.52 bits per heavy atom. The van der Waals surface area contributed by atoms with Gasteiger partial charge in [0, 0.05) is 6.42 Å². The van der Waals surface area contributed by atoms with Crippen LogP contribution in [0.2, 0.25) is 0 Å². The minimum atomic E-state index is -0.912. The number of carbonyl (C=O) groups excluding carboxylic acids is 4. The molecule has 0 bridgehead atoms. The fourth-order valence-electron chi connectivity index (χ4n) is 2.72. The minimum Gasteiger partial charge on any atom is -0.325 e. The van der Waals surface area contributed by atoms with Crippen molar-refractivity contribution in [3.05, 3.63) is 65.2 Å². The maximum Gasteiger partial charge on any atom is 0.366 e. The fourth-order valence-corrected chi connectivity index (χ4v) is 2.72. The quantitative estimate of drug-likeness (QED) is 0.821. The minimum absolute atomic E-state index is 0.0474. The Bertz CT molecular complexity index is 900. The van der Waals surface area contributed by atoms with E-state index in [0.717, 1.165) is 0 Å². The molecule has 0 radical (unpaired) electrons. The van der Waals surface area contributed by atoms with Crippen LogP contribution in [0.3, 0.4) is 0 Å². The van der Waals surface area contributed by atoms with E-state index >= 15 is 0 Å². The zero-order valence-corrected chi connectivity index (χ0v) is 14.9. The molecule has 1 heterocycles.